The molecule has 0 aliphatic heterocycles. The van der Waals surface area contributed by atoms with Gasteiger partial charge in [0.15, 0.2) is 5.58 Å². The molecular weight excluding hydrogens is 206 g/mol. The van der Waals surface area contributed by atoms with E-state index < -0.39 is 5.76 Å². The second kappa shape index (κ2) is 4.40. The van der Waals surface area contributed by atoms with Gasteiger partial charge in [0.2, 0.25) is 0 Å². The molecule has 0 fully saturated rings. The van der Waals surface area contributed by atoms with Crippen molar-refractivity contribution in [1.82, 2.24) is 4.98 Å². The number of aromatic amines is 1. The molecular formula is C11H15N3O2. The molecule has 2 rings (SSSR count). The van der Waals surface area contributed by atoms with Gasteiger partial charge in [0.1, 0.15) is 0 Å². The van der Waals surface area contributed by atoms with Gasteiger partial charge in [0.25, 0.3) is 0 Å². The number of hydrogen-bond acceptors (Lipinski definition) is 4. The monoisotopic (exact) mass is 221 g/mol. The van der Waals surface area contributed by atoms with Crippen LogP contribution >= 0.6 is 0 Å². The van der Waals surface area contributed by atoms with Crippen molar-refractivity contribution in [2.24, 2.45) is 11.7 Å². The maximum absolute atomic E-state index is 11.0. The van der Waals surface area contributed by atoms with Gasteiger partial charge in [-0.15, -0.1) is 0 Å². The fourth-order valence-electron chi connectivity index (χ4n) is 1.44. The third kappa shape index (κ3) is 2.25. The normalized spacial score (nSPS) is 12.9. The first-order valence-electron chi connectivity index (χ1n) is 5.26. The van der Waals surface area contributed by atoms with Gasteiger partial charge in [0, 0.05) is 12.2 Å². The molecule has 1 unspecified atom stereocenters. The van der Waals surface area contributed by atoms with Crippen molar-refractivity contribution in [3.63, 3.8) is 0 Å². The van der Waals surface area contributed by atoms with E-state index in [-0.39, 0.29) is 0 Å². The summed E-state index contributed by atoms with van der Waals surface area (Å²) in [5, 5.41) is 3.25. The number of H-pyrrole nitrogens is 1. The minimum absolute atomic E-state index is 0.416. The van der Waals surface area contributed by atoms with Gasteiger partial charge in [-0.2, -0.15) is 0 Å². The van der Waals surface area contributed by atoms with E-state index >= 15 is 0 Å². The van der Waals surface area contributed by atoms with Gasteiger partial charge in [-0.05, 0) is 30.7 Å². The van der Waals surface area contributed by atoms with Crippen molar-refractivity contribution >= 4 is 16.8 Å². The van der Waals surface area contributed by atoms with Gasteiger partial charge >= 0.3 is 5.76 Å². The molecule has 2 aromatic rings. The van der Waals surface area contributed by atoms with Crippen molar-refractivity contribution in [2.75, 3.05) is 18.4 Å². The molecule has 4 N–H and O–H groups in total. The lowest BCUT2D eigenvalue weighted by Crippen LogP contribution is -2.19. The Balaban J connectivity index is 2.16. The zero-order chi connectivity index (χ0) is 11.5. The van der Waals surface area contributed by atoms with Crippen LogP contribution in [0.1, 0.15) is 6.92 Å². The van der Waals surface area contributed by atoms with Crippen LogP contribution in [-0.4, -0.2) is 18.1 Å². The summed E-state index contributed by atoms with van der Waals surface area (Å²) >= 11 is 0. The zero-order valence-electron chi connectivity index (χ0n) is 9.12. The number of oxazole rings is 1. The molecule has 0 saturated heterocycles. The molecule has 86 valence electrons. The molecule has 16 heavy (non-hydrogen) atoms. The number of benzene rings is 1. The largest absolute Gasteiger partial charge is 0.417 e. The molecule has 0 aliphatic carbocycles. The second-order valence-corrected chi connectivity index (χ2v) is 3.95. The molecule has 5 heteroatoms. The minimum Gasteiger partial charge on any atom is -0.408 e. The van der Waals surface area contributed by atoms with E-state index in [1.165, 1.54) is 0 Å². The smallest absolute Gasteiger partial charge is 0.408 e. The summed E-state index contributed by atoms with van der Waals surface area (Å²) in [5.41, 5.74) is 7.75. The van der Waals surface area contributed by atoms with Gasteiger partial charge in [0.05, 0.1) is 5.52 Å². The zero-order valence-corrected chi connectivity index (χ0v) is 9.12. The lowest BCUT2D eigenvalue weighted by Gasteiger charge is -2.10. The van der Waals surface area contributed by atoms with E-state index in [4.69, 9.17) is 10.2 Å². The average molecular weight is 221 g/mol. The molecule has 0 aliphatic rings. The van der Waals surface area contributed by atoms with Gasteiger partial charge < -0.3 is 15.5 Å². The maximum Gasteiger partial charge on any atom is 0.417 e. The van der Waals surface area contributed by atoms with Crippen molar-refractivity contribution < 1.29 is 4.42 Å². The van der Waals surface area contributed by atoms with Crippen molar-refractivity contribution in [1.29, 1.82) is 0 Å². The minimum atomic E-state index is -0.428. The quantitative estimate of drug-likeness (QED) is 0.722. The third-order valence-electron chi connectivity index (χ3n) is 2.48. The number of anilines is 1. The van der Waals surface area contributed by atoms with Crippen LogP contribution in [0.15, 0.2) is 27.4 Å². The summed E-state index contributed by atoms with van der Waals surface area (Å²) in [6, 6.07) is 5.49. The summed E-state index contributed by atoms with van der Waals surface area (Å²) in [6.07, 6.45) is 0. The number of nitrogens with two attached hydrogens (primary N) is 1. The molecule has 0 bridgehead atoms. The summed E-state index contributed by atoms with van der Waals surface area (Å²) in [4.78, 5) is 13.6. The Morgan fingerprint density at radius 2 is 2.38 bits per heavy atom. The molecule has 0 amide bonds. The van der Waals surface area contributed by atoms with Crippen molar-refractivity contribution in [2.45, 2.75) is 6.92 Å². The highest BCUT2D eigenvalue weighted by molar-refractivity contribution is 5.76. The van der Waals surface area contributed by atoms with E-state index in [0.717, 1.165) is 12.2 Å². The molecule has 1 aromatic heterocycles. The number of hydrogen-bond donors (Lipinski definition) is 3. The Bertz CT molecular complexity index is 529. The van der Waals surface area contributed by atoms with Crippen LogP contribution < -0.4 is 16.8 Å². The lowest BCUT2D eigenvalue weighted by atomic mass is 10.2. The van der Waals surface area contributed by atoms with E-state index in [2.05, 4.69) is 17.2 Å². The Morgan fingerprint density at radius 3 is 3.12 bits per heavy atom. The van der Waals surface area contributed by atoms with Crippen LogP contribution in [0.3, 0.4) is 0 Å². The van der Waals surface area contributed by atoms with Gasteiger partial charge in [-0.3, -0.25) is 4.98 Å². The first-order chi connectivity index (χ1) is 7.69. The van der Waals surface area contributed by atoms with Crippen LogP contribution in [0.4, 0.5) is 5.69 Å². The van der Waals surface area contributed by atoms with E-state index in [0.29, 0.717) is 23.6 Å². The Kier molecular flexibility index (Phi) is 2.96. The van der Waals surface area contributed by atoms with Crippen LogP contribution in [0.2, 0.25) is 0 Å². The van der Waals surface area contributed by atoms with E-state index in [9.17, 15) is 4.79 Å². The maximum atomic E-state index is 11.0. The Hall–Kier alpha value is -1.75. The van der Waals surface area contributed by atoms with E-state index in [1.54, 1.807) is 6.07 Å². The third-order valence-corrected chi connectivity index (χ3v) is 2.48. The predicted octanol–water partition coefficient (Wildman–Crippen LogP) is 1.13. The van der Waals surface area contributed by atoms with Crippen LogP contribution in [-0.2, 0) is 0 Å². The molecule has 0 radical (unpaired) electrons. The Morgan fingerprint density at radius 1 is 1.56 bits per heavy atom. The first-order valence-corrected chi connectivity index (χ1v) is 5.26. The highest BCUT2D eigenvalue weighted by Gasteiger charge is 2.03. The summed E-state index contributed by atoms with van der Waals surface area (Å²) in [5.74, 6) is -0.0124. The van der Waals surface area contributed by atoms with E-state index in [1.807, 2.05) is 12.1 Å². The highest BCUT2D eigenvalue weighted by Crippen LogP contribution is 2.16. The van der Waals surface area contributed by atoms with Crippen molar-refractivity contribution in [3.05, 3.63) is 28.7 Å². The standard InChI is InChI=1S/C11H15N3O2/c1-7(5-12)6-13-8-2-3-10-9(4-8)14-11(15)16-10/h2-4,7,13H,5-6,12H2,1H3,(H,14,15). The molecule has 0 saturated carbocycles. The Labute approximate surface area is 92.6 Å². The average Bonchev–Trinajstić information content (AvgIpc) is 2.65. The topological polar surface area (TPSA) is 84.0 Å². The van der Waals surface area contributed by atoms with Crippen LogP contribution in [0, 0.1) is 5.92 Å². The lowest BCUT2D eigenvalue weighted by molar-refractivity contribution is 0.555. The summed E-state index contributed by atoms with van der Waals surface area (Å²) < 4.78 is 4.91. The van der Waals surface area contributed by atoms with Crippen LogP contribution in [0.5, 0.6) is 0 Å². The fraction of sp³-hybridized carbons (Fsp3) is 0.364. The molecule has 0 spiro atoms. The summed E-state index contributed by atoms with van der Waals surface area (Å²) in [7, 11) is 0. The first kappa shape index (κ1) is 10.8. The predicted molar refractivity (Wildman–Crippen MR) is 63.5 cm³/mol. The van der Waals surface area contributed by atoms with Crippen LogP contribution in [0.25, 0.3) is 11.1 Å². The number of rotatable bonds is 4. The second-order valence-electron chi connectivity index (χ2n) is 3.95. The van der Waals surface area contributed by atoms with Gasteiger partial charge in [-0.25, -0.2) is 4.79 Å². The summed E-state index contributed by atoms with van der Waals surface area (Å²) in [6.45, 7) is 3.53. The molecule has 1 heterocycles. The van der Waals surface area contributed by atoms with Gasteiger partial charge in [-0.1, -0.05) is 6.92 Å². The SMILES string of the molecule is CC(CN)CNc1ccc2oc(=O)[nH]c2c1. The number of aromatic nitrogens is 1. The molecule has 5 nitrogen and oxygen atoms in total. The molecule has 1 atom stereocenters. The fourth-order valence-corrected chi connectivity index (χ4v) is 1.44. The highest BCUT2D eigenvalue weighted by atomic mass is 16.4. The number of nitrogens with one attached hydrogen (secondary N) is 2. The van der Waals surface area contributed by atoms with Crippen molar-refractivity contribution in [3.8, 4) is 0 Å². The number of fused-ring (bicyclic) bond motifs is 1. The molecule has 1 aromatic carbocycles.